The number of nitro benzene ring substituents is 1. The van der Waals surface area contributed by atoms with Gasteiger partial charge in [0.25, 0.3) is 5.69 Å². The maximum atomic E-state index is 13.8. The number of likely N-dealkylation sites (N-methyl/N-ethyl adjacent to an activating group) is 1. The van der Waals surface area contributed by atoms with Crippen molar-refractivity contribution in [3.8, 4) is 0 Å². The van der Waals surface area contributed by atoms with E-state index in [4.69, 9.17) is 0 Å². The molecule has 11 heteroatoms. The molecule has 1 fully saturated rings. The molecule has 1 N–H and O–H groups in total. The SMILES string of the molecule is CN1CCN(Cc2ccc(N(C(=O)O)c3ccc([N+](=O)[O-])cc3)cc2C(F)(F)F)CC1. The second-order valence-electron chi connectivity index (χ2n) is 7.31. The third-order valence-electron chi connectivity index (χ3n) is 5.16. The molecular formula is C20H21F3N4O4. The van der Waals surface area contributed by atoms with Crippen LogP contribution in [0, 0.1) is 10.1 Å². The second kappa shape index (κ2) is 8.90. The van der Waals surface area contributed by atoms with Crippen LogP contribution in [0.25, 0.3) is 0 Å². The molecule has 0 spiro atoms. The molecule has 0 bridgehead atoms. The molecule has 8 nitrogen and oxygen atoms in total. The molecule has 1 saturated heterocycles. The van der Waals surface area contributed by atoms with Gasteiger partial charge in [-0.3, -0.25) is 15.0 Å². The van der Waals surface area contributed by atoms with Crippen LogP contribution in [0.2, 0.25) is 0 Å². The van der Waals surface area contributed by atoms with Crippen molar-refractivity contribution < 1.29 is 28.0 Å². The summed E-state index contributed by atoms with van der Waals surface area (Å²) in [6.07, 6.45) is -6.17. The highest BCUT2D eigenvalue weighted by atomic mass is 19.4. The highest BCUT2D eigenvalue weighted by Crippen LogP contribution is 2.37. The van der Waals surface area contributed by atoms with E-state index in [-0.39, 0.29) is 29.2 Å². The number of anilines is 2. The fraction of sp³-hybridized carbons (Fsp3) is 0.350. The lowest BCUT2D eigenvalue weighted by molar-refractivity contribution is -0.384. The van der Waals surface area contributed by atoms with Crippen LogP contribution in [0.1, 0.15) is 11.1 Å². The van der Waals surface area contributed by atoms with E-state index in [0.717, 1.165) is 31.3 Å². The Kier molecular flexibility index (Phi) is 6.46. The van der Waals surface area contributed by atoms with Crippen molar-refractivity contribution in [3.05, 3.63) is 63.7 Å². The number of carbonyl (C=O) groups is 1. The number of hydrogen-bond acceptors (Lipinski definition) is 5. The zero-order valence-electron chi connectivity index (χ0n) is 16.7. The summed E-state index contributed by atoms with van der Waals surface area (Å²) in [5, 5.41) is 20.4. The quantitative estimate of drug-likeness (QED) is 0.557. The van der Waals surface area contributed by atoms with Crippen molar-refractivity contribution in [2.75, 3.05) is 38.1 Å². The summed E-state index contributed by atoms with van der Waals surface area (Å²) in [4.78, 5) is 26.7. The number of alkyl halides is 3. The lowest BCUT2D eigenvalue weighted by Crippen LogP contribution is -2.44. The monoisotopic (exact) mass is 438 g/mol. The Balaban J connectivity index is 1.95. The van der Waals surface area contributed by atoms with Gasteiger partial charge in [0.05, 0.1) is 21.9 Å². The van der Waals surface area contributed by atoms with Crippen LogP contribution in [0.15, 0.2) is 42.5 Å². The molecule has 2 aromatic rings. The molecule has 0 aliphatic carbocycles. The summed E-state index contributed by atoms with van der Waals surface area (Å²) in [5.41, 5.74) is -1.30. The third-order valence-corrected chi connectivity index (χ3v) is 5.16. The molecule has 166 valence electrons. The predicted octanol–water partition coefficient (Wildman–Crippen LogP) is 4.18. The lowest BCUT2D eigenvalue weighted by atomic mass is 10.0. The molecule has 2 aromatic carbocycles. The van der Waals surface area contributed by atoms with Crippen molar-refractivity contribution >= 4 is 23.2 Å². The van der Waals surface area contributed by atoms with E-state index >= 15 is 0 Å². The Hall–Kier alpha value is -3.18. The van der Waals surface area contributed by atoms with E-state index in [1.54, 1.807) is 0 Å². The average Bonchev–Trinajstić information content (AvgIpc) is 2.70. The number of amides is 1. The number of halogens is 3. The summed E-state index contributed by atoms with van der Waals surface area (Å²) in [7, 11) is 1.95. The van der Waals surface area contributed by atoms with E-state index in [1.165, 1.54) is 24.3 Å². The molecule has 1 heterocycles. The normalized spacial score (nSPS) is 15.6. The molecule has 1 aliphatic heterocycles. The predicted molar refractivity (Wildman–Crippen MR) is 107 cm³/mol. The molecule has 1 amide bonds. The molecule has 31 heavy (non-hydrogen) atoms. The van der Waals surface area contributed by atoms with E-state index in [2.05, 4.69) is 4.90 Å². The summed E-state index contributed by atoms with van der Waals surface area (Å²) in [6.45, 7) is 2.89. The Morgan fingerprint density at radius 1 is 1.10 bits per heavy atom. The smallest absolute Gasteiger partial charge is 0.416 e. The minimum Gasteiger partial charge on any atom is -0.464 e. The number of nitro groups is 1. The molecule has 0 aromatic heterocycles. The fourth-order valence-electron chi connectivity index (χ4n) is 3.45. The number of piperazine rings is 1. The third kappa shape index (κ3) is 5.30. The van der Waals surface area contributed by atoms with Crippen molar-refractivity contribution in [2.45, 2.75) is 12.7 Å². The Morgan fingerprint density at radius 3 is 2.19 bits per heavy atom. The minimum atomic E-state index is -4.67. The largest absolute Gasteiger partial charge is 0.464 e. The van der Waals surface area contributed by atoms with Gasteiger partial charge >= 0.3 is 12.3 Å². The molecule has 0 saturated carbocycles. The molecule has 0 unspecified atom stereocenters. The molecule has 3 rings (SSSR count). The van der Waals surface area contributed by atoms with Crippen molar-refractivity contribution in [2.24, 2.45) is 0 Å². The van der Waals surface area contributed by atoms with Crippen LogP contribution in [-0.4, -0.2) is 59.1 Å². The second-order valence-corrected chi connectivity index (χ2v) is 7.31. The highest BCUT2D eigenvalue weighted by Gasteiger charge is 2.35. The lowest BCUT2D eigenvalue weighted by Gasteiger charge is -2.33. The van der Waals surface area contributed by atoms with Crippen LogP contribution in [0.4, 0.5) is 35.0 Å². The molecule has 1 aliphatic rings. The average molecular weight is 438 g/mol. The van der Waals surface area contributed by atoms with Crippen LogP contribution < -0.4 is 4.90 Å². The topological polar surface area (TPSA) is 90.2 Å². The zero-order valence-corrected chi connectivity index (χ0v) is 16.7. The van der Waals surface area contributed by atoms with Crippen LogP contribution in [0.3, 0.4) is 0 Å². The first-order valence-corrected chi connectivity index (χ1v) is 9.45. The highest BCUT2D eigenvalue weighted by molar-refractivity contribution is 5.95. The van der Waals surface area contributed by atoms with Gasteiger partial charge in [-0.15, -0.1) is 0 Å². The summed E-state index contributed by atoms with van der Waals surface area (Å²) < 4.78 is 41.4. The van der Waals surface area contributed by atoms with Gasteiger partial charge in [0, 0.05) is 44.9 Å². The van der Waals surface area contributed by atoms with Crippen molar-refractivity contribution in [1.82, 2.24) is 9.80 Å². The van der Waals surface area contributed by atoms with Gasteiger partial charge in [0.1, 0.15) is 0 Å². The summed E-state index contributed by atoms with van der Waals surface area (Å²) in [6, 6.07) is 7.96. The maximum absolute atomic E-state index is 13.8. The van der Waals surface area contributed by atoms with Gasteiger partial charge in [-0.25, -0.2) is 9.69 Å². The number of non-ortho nitro benzene ring substituents is 1. The number of carboxylic acid groups (broad SMARTS) is 1. The summed E-state index contributed by atoms with van der Waals surface area (Å²) in [5.74, 6) is 0. The summed E-state index contributed by atoms with van der Waals surface area (Å²) >= 11 is 0. The first-order valence-electron chi connectivity index (χ1n) is 9.45. The number of nitrogens with zero attached hydrogens (tertiary/aromatic N) is 4. The van der Waals surface area contributed by atoms with Gasteiger partial charge in [-0.05, 0) is 36.9 Å². The van der Waals surface area contributed by atoms with Crippen LogP contribution >= 0.6 is 0 Å². The Bertz CT molecular complexity index is 958. The van der Waals surface area contributed by atoms with Gasteiger partial charge in [0.15, 0.2) is 0 Å². The number of benzene rings is 2. The molecular weight excluding hydrogens is 417 g/mol. The van der Waals surface area contributed by atoms with E-state index in [9.17, 15) is 33.2 Å². The first kappa shape index (κ1) is 22.5. The van der Waals surface area contributed by atoms with Crippen molar-refractivity contribution in [1.29, 1.82) is 0 Å². The first-order chi connectivity index (χ1) is 14.6. The molecule has 0 atom stereocenters. The zero-order chi connectivity index (χ0) is 22.8. The molecule has 0 radical (unpaired) electrons. The maximum Gasteiger partial charge on any atom is 0.416 e. The number of hydrogen-bond donors (Lipinski definition) is 1. The number of rotatable bonds is 5. The Morgan fingerprint density at radius 2 is 1.68 bits per heavy atom. The van der Waals surface area contributed by atoms with Crippen LogP contribution in [-0.2, 0) is 12.7 Å². The van der Waals surface area contributed by atoms with Gasteiger partial charge < -0.3 is 10.0 Å². The van der Waals surface area contributed by atoms with Crippen LogP contribution in [0.5, 0.6) is 0 Å². The standard InChI is InChI=1S/C20H21F3N4O4/c1-24-8-10-25(11-9-24)13-14-2-3-17(12-18(14)20(21,22)23)26(19(28)29)15-4-6-16(7-5-15)27(30)31/h2-7,12H,8-11,13H2,1H3,(H,28,29). The minimum absolute atomic E-state index is 0.00181. The van der Waals surface area contributed by atoms with Gasteiger partial charge in [-0.1, -0.05) is 6.07 Å². The fourth-order valence-corrected chi connectivity index (χ4v) is 3.45. The van der Waals surface area contributed by atoms with Gasteiger partial charge in [-0.2, -0.15) is 13.2 Å². The van der Waals surface area contributed by atoms with E-state index in [1.807, 2.05) is 11.9 Å². The van der Waals surface area contributed by atoms with Gasteiger partial charge in [0.2, 0.25) is 0 Å². The van der Waals surface area contributed by atoms with Crippen molar-refractivity contribution in [3.63, 3.8) is 0 Å². The van der Waals surface area contributed by atoms with E-state index < -0.39 is 22.8 Å². The van der Waals surface area contributed by atoms with E-state index in [0.29, 0.717) is 18.0 Å². The Labute approximate surface area is 176 Å².